The Morgan fingerprint density at radius 1 is 1.20 bits per heavy atom. The summed E-state index contributed by atoms with van der Waals surface area (Å²) >= 11 is 1.37. The van der Waals surface area contributed by atoms with Gasteiger partial charge in [-0.25, -0.2) is 4.39 Å². The van der Waals surface area contributed by atoms with Crippen molar-refractivity contribution in [3.05, 3.63) is 66.4 Å². The number of thioether (sulfide) groups is 1. The highest BCUT2D eigenvalue weighted by Gasteiger charge is 2.09. The molecule has 0 saturated heterocycles. The lowest BCUT2D eigenvalue weighted by Crippen LogP contribution is -2.24. The Balaban J connectivity index is 1.53. The fraction of sp³-hybridized carbons (Fsp3) is 0.167. The molecular formula is C18H17FN4OS. The number of hydrogen-bond donors (Lipinski definition) is 1. The smallest absolute Gasteiger partial charge is 0.230 e. The Bertz CT molecular complexity index is 849. The van der Waals surface area contributed by atoms with Crippen LogP contribution in [0.4, 0.5) is 4.39 Å². The molecule has 0 fully saturated rings. The minimum Gasteiger partial charge on any atom is -0.350 e. The van der Waals surface area contributed by atoms with Crippen LogP contribution in [0.2, 0.25) is 0 Å². The molecule has 7 heteroatoms. The molecule has 0 bridgehead atoms. The first-order valence-corrected chi connectivity index (χ1v) is 8.69. The molecule has 0 saturated carbocycles. The second-order valence-corrected chi connectivity index (χ2v) is 6.45. The summed E-state index contributed by atoms with van der Waals surface area (Å²) in [7, 11) is 1.87. The second-order valence-electron chi connectivity index (χ2n) is 5.40. The number of carbonyl (C=O) groups excluding carboxylic acids is 1. The van der Waals surface area contributed by atoms with Crippen LogP contribution in [-0.4, -0.2) is 26.4 Å². The molecule has 128 valence electrons. The molecule has 3 aromatic rings. The van der Waals surface area contributed by atoms with Crippen LogP contribution in [0.5, 0.6) is 0 Å². The van der Waals surface area contributed by atoms with Gasteiger partial charge in [0.25, 0.3) is 0 Å². The van der Waals surface area contributed by atoms with Crippen molar-refractivity contribution in [2.75, 3.05) is 5.75 Å². The van der Waals surface area contributed by atoms with Gasteiger partial charge >= 0.3 is 0 Å². The van der Waals surface area contributed by atoms with E-state index in [1.54, 1.807) is 29.2 Å². The van der Waals surface area contributed by atoms with Gasteiger partial charge in [0.1, 0.15) is 5.82 Å². The minimum atomic E-state index is -0.283. The Morgan fingerprint density at radius 2 is 1.92 bits per heavy atom. The summed E-state index contributed by atoms with van der Waals surface area (Å²) in [5, 5.41) is 7.27. The molecule has 2 aromatic heterocycles. The number of rotatable bonds is 6. The maximum Gasteiger partial charge on any atom is 0.230 e. The molecule has 5 nitrogen and oxygen atoms in total. The fourth-order valence-corrected chi connectivity index (χ4v) is 3.05. The predicted octanol–water partition coefficient (Wildman–Crippen LogP) is 3.03. The number of carbonyl (C=O) groups is 1. The van der Waals surface area contributed by atoms with Crippen molar-refractivity contribution < 1.29 is 9.18 Å². The van der Waals surface area contributed by atoms with E-state index in [4.69, 9.17) is 0 Å². The highest BCUT2D eigenvalue weighted by molar-refractivity contribution is 8.00. The molecule has 2 heterocycles. The number of nitrogens with zero attached hydrogens (tertiary/aromatic N) is 3. The van der Waals surface area contributed by atoms with Crippen LogP contribution >= 0.6 is 11.8 Å². The maximum absolute atomic E-state index is 12.9. The standard InChI is InChI=1S/C18H17FN4OS/c1-23-17(13-6-8-20-9-7-13)10-15(22-23)11-21-18(24)12-25-16-4-2-14(19)3-5-16/h2-10H,11-12H2,1H3,(H,21,24). The third-order valence-corrected chi connectivity index (χ3v) is 4.57. The van der Waals surface area contributed by atoms with Gasteiger partial charge in [0, 0.05) is 29.9 Å². The van der Waals surface area contributed by atoms with E-state index in [1.165, 1.54) is 23.9 Å². The van der Waals surface area contributed by atoms with E-state index in [-0.39, 0.29) is 17.5 Å². The number of amides is 1. The Kier molecular flexibility index (Phi) is 5.45. The van der Waals surface area contributed by atoms with Crippen LogP contribution in [-0.2, 0) is 18.4 Å². The van der Waals surface area contributed by atoms with Crippen molar-refractivity contribution in [2.45, 2.75) is 11.4 Å². The molecule has 1 aromatic carbocycles. The van der Waals surface area contributed by atoms with Crippen LogP contribution in [0.15, 0.2) is 59.8 Å². The molecule has 0 atom stereocenters. The Morgan fingerprint density at radius 3 is 2.64 bits per heavy atom. The first kappa shape index (κ1) is 17.2. The van der Waals surface area contributed by atoms with Crippen LogP contribution < -0.4 is 5.32 Å². The largest absolute Gasteiger partial charge is 0.350 e. The van der Waals surface area contributed by atoms with Gasteiger partial charge in [0.2, 0.25) is 5.91 Å². The molecule has 0 spiro atoms. The molecule has 3 rings (SSSR count). The molecule has 1 N–H and O–H groups in total. The van der Waals surface area contributed by atoms with Crippen molar-refractivity contribution in [3.63, 3.8) is 0 Å². The Hall–Kier alpha value is -2.67. The zero-order chi connectivity index (χ0) is 17.6. The van der Waals surface area contributed by atoms with E-state index in [0.717, 1.165) is 21.8 Å². The van der Waals surface area contributed by atoms with Crippen LogP contribution in [0, 0.1) is 5.82 Å². The van der Waals surface area contributed by atoms with E-state index < -0.39 is 0 Å². The number of hydrogen-bond acceptors (Lipinski definition) is 4. The number of nitrogens with one attached hydrogen (secondary N) is 1. The zero-order valence-electron chi connectivity index (χ0n) is 13.6. The normalized spacial score (nSPS) is 10.6. The van der Waals surface area contributed by atoms with Crippen LogP contribution in [0.25, 0.3) is 11.3 Å². The Labute approximate surface area is 149 Å². The first-order chi connectivity index (χ1) is 12.1. The van der Waals surface area contributed by atoms with Crippen molar-refractivity contribution in [2.24, 2.45) is 7.05 Å². The topological polar surface area (TPSA) is 59.8 Å². The lowest BCUT2D eigenvalue weighted by Gasteiger charge is -2.03. The van der Waals surface area contributed by atoms with Crippen molar-refractivity contribution >= 4 is 17.7 Å². The average molecular weight is 356 g/mol. The van der Waals surface area contributed by atoms with Gasteiger partial charge in [-0.2, -0.15) is 5.10 Å². The van der Waals surface area contributed by atoms with Gasteiger partial charge < -0.3 is 5.32 Å². The van der Waals surface area contributed by atoms with Gasteiger partial charge in [-0.3, -0.25) is 14.5 Å². The van der Waals surface area contributed by atoms with Gasteiger partial charge in [0.15, 0.2) is 0 Å². The van der Waals surface area contributed by atoms with Crippen molar-refractivity contribution in [1.29, 1.82) is 0 Å². The highest BCUT2D eigenvalue weighted by atomic mass is 32.2. The van der Waals surface area contributed by atoms with Crippen molar-refractivity contribution in [1.82, 2.24) is 20.1 Å². The molecule has 0 aliphatic rings. The molecular weight excluding hydrogens is 339 g/mol. The number of pyridine rings is 1. The molecule has 25 heavy (non-hydrogen) atoms. The summed E-state index contributed by atoms with van der Waals surface area (Å²) in [6, 6.07) is 11.9. The number of benzene rings is 1. The molecule has 1 amide bonds. The van der Waals surface area contributed by atoms with E-state index in [1.807, 2.05) is 25.2 Å². The number of halogens is 1. The van der Waals surface area contributed by atoms with Crippen LogP contribution in [0.3, 0.4) is 0 Å². The maximum atomic E-state index is 12.9. The van der Waals surface area contributed by atoms with Crippen LogP contribution in [0.1, 0.15) is 5.69 Å². The van der Waals surface area contributed by atoms with E-state index in [0.29, 0.717) is 6.54 Å². The third kappa shape index (κ3) is 4.67. The van der Waals surface area contributed by atoms with Crippen molar-refractivity contribution in [3.8, 4) is 11.3 Å². The summed E-state index contributed by atoms with van der Waals surface area (Å²) in [5.74, 6) is -0.102. The second kappa shape index (κ2) is 7.94. The highest BCUT2D eigenvalue weighted by Crippen LogP contribution is 2.19. The minimum absolute atomic E-state index is 0.0922. The average Bonchev–Trinajstić information content (AvgIpc) is 3.01. The van der Waals surface area contributed by atoms with E-state index in [9.17, 15) is 9.18 Å². The van der Waals surface area contributed by atoms with Gasteiger partial charge in [-0.05, 0) is 42.5 Å². The summed E-state index contributed by atoms with van der Waals surface area (Å²) in [5.41, 5.74) is 2.77. The zero-order valence-corrected chi connectivity index (χ0v) is 14.5. The first-order valence-electron chi connectivity index (χ1n) is 7.70. The monoisotopic (exact) mass is 356 g/mol. The summed E-state index contributed by atoms with van der Waals surface area (Å²) < 4.78 is 14.6. The third-order valence-electron chi connectivity index (χ3n) is 3.56. The molecule has 0 aliphatic heterocycles. The molecule has 0 unspecified atom stereocenters. The lowest BCUT2D eigenvalue weighted by molar-refractivity contribution is -0.118. The number of aryl methyl sites for hydroxylation is 1. The SMILES string of the molecule is Cn1nc(CNC(=O)CSc2ccc(F)cc2)cc1-c1ccncc1. The van der Waals surface area contributed by atoms with Gasteiger partial charge in [-0.15, -0.1) is 11.8 Å². The summed E-state index contributed by atoms with van der Waals surface area (Å²) in [6.45, 7) is 0.363. The van der Waals surface area contributed by atoms with E-state index in [2.05, 4.69) is 15.4 Å². The van der Waals surface area contributed by atoms with Gasteiger partial charge in [0.05, 0.1) is 23.7 Å². The van der Waals surface area contributed by atoms with Gasteiger partial charge in [-0.1, -0.05) is 0 Å². The lowest BCUT2D eigenvalue weighted by atomic mass is 10.2. The quantitative estimate of drug-likeness (QED) is 0.690. The molecule has 0 radical (unpaired) electrons. The summed E-state index contributed by atoms with van der Waals surface area (Å²) in [6.07, 6.45) is 3.47. The molecule has 0 aliphatic carbocycles. The predicted molar refractivity (Wildman–Crippen MR) is 95.4 cm³/mol. The summed E-state index contributed by atoms with van der Waals surface area (Å²) in [4.78, 5) is 16.8. The fourth-order valence-electron chi connectivity index (χ4n) is 2.33. The van der Waals surface area contributed by atoms with E-state index >= 15 is 0 Å². The number of aromatic nitrogens is 3.